The van der Waals surface area contributed by atoms with Gasteiger partial charge in [-0.2, -0.15) is 5.26 Å². The molecule has 0 bridgehead atoms. The first-order valence-corrected chi connectivity index (χ1v) is 7.69. The summed E-state index contributed by atoms with van der Waals surface area (Å²) in [7, 11) is 0. The molecule has 0 aliphatic heterocycles. The zero-order chi connectivity index (χ0) is 15.1. The van der Waals surface area contributed by atoms with Gasteiger partial charge in [0.15, 0.2) is 5.78 Å². The minimum atomic E-state index is -0.758. The maximum atomic E-state index is 12.5. The summed E-state index contributed by atoms with van der Waals surface area (Å²) in [4.78, 5) is 12.5. The molecule has 2 unspecified atom stereocenters. The van der Waals surface area contributed by atoms with Crippen molar-refractivity contribution in [3.05, 3.63) is 33.8 Å². The molecule has 0 saturated heterocycles. The topological polar surface area (TPSA) is 40.9 Å². The number of nitrogens with zero attached hydrogens (tertiary/aromatic N) is 1. The predicted octanol–water partition coefficient (Wildman–Crippen LogP) is 5.39. The molecule has 0 aliphatic carbocycles. The fraction of sp³-hybridized carbons (Fsp3) is 0.500. The molecule has 1 rings (SSSR count). The lowest BCUT2D eigenvalue weighted by Gasteiger charge is -2.17. The van der Waals surface area contributed by atoms with E-state index in [0.29, 0.717) is 15.6 Å². The van der Waals surface area contributed by atoms with Gasteiger partial charge in [-0.05, 0) is 30.5 Å². The van der Waals surface area contributed by atoms with E-state index in [1.807, 2.05) is 6.92 Å². The highest BCUT2D eigenvalue weighted by Crippen LogP contribution is 2.29. The Hall–Kier alpha value is -1.04. The third kappa shape index (κ3) is 4.23. The van der Waals surface area contributed by atoms with E-state index in [9.17, 15) is 10.1 Å². The Morgan fingerprint density at radius 3 is 2.50 bits per heavy atom. The molecule has 20 heavy (non-hydrogen) atoms. The van der Waals surface area contributed by atoms with Crippen LogP contribution in [0.4, 0.5) is 0 Å². The minimum absolute atomic E-state index is 0.0122. The van der Waals surface area contributed by atoms with Crippen molar-refractivity contribution < 1.29 is 4.79 Å². The lowest BCUT2D eigenvalue weighted by Crippen LogP contribution is -2.21. The van der Waals surface area contributed by atoms with Gasteiger partial charge in [0.2, 0.25) is 0 Å². The van der Waals surface area contributed by atoms with Gasteiger partial charge in [-0.3, -0.25) is 4.79 Å². The van der Waals surface area contributed by atoms with Crippen LogP contribution >= 0.6 is 23.2 Å². The number of nitriles is 1. The van der Waals surface area contributed by atoms with Gasteiger partial charge in [-0.1, -0.05) is 56.0 Å². The van der Waals surface area contributed by atoms with E-state index in [4.69, 9.17) is 23.2 Å². The number of rotatable bonds is 7. The summed E-state index contributed by atoms with van der Waals surface area (Å²) in [6, 6.07) is 7.05. The van der Waals surface area contributed by atoms with Crippen molar-refractivity contribution in [1.82, 2.24) is 0 Å². The van der Waals surface area contributed by atoms with Crippen LogP contribution in [-0.2, 0) is 4.79 Å². The Morgan fingerprint density at radius 1 is 1.30 bits per heavy atom. The molecule has 1 aromatic carbocycles. The molecule has 0 aromatic heterocycles. The van der Waals surface area contributed by atoms with Crippen LogP contribution in [0, 0.1) is 17.2 Å². The molecule has 0 radical (unpaired) electrons. The standard InChI is InChI=1S/C16H19Cl2NO/c1-3-5-6-11(4-2)16(20)13(10-19)12-7-8-14(17)15(18)9-12/h7-9,11,13H,3-6H2,1-2H3. The number of hydrogen-bond acceptors (Lipinski definition) is 2. The first-order valence-electron chi connectivity index (χ1n) is 6.93. The highest BCUT2D eigenvalue weighted by molar-refractivity contribution is 6.42. The minimum Gasteiger partial charge on any atom is -0.298 e. The number of hydrogen-bond donors (Lipinski definition) is 0. The summed E-state index contributed by atoms with van der Waals surface area (Å²) in [5, 5.41) is 10.1. The van der Waals surface area contributed by atoms with Gasteiger partial charge in [0, 0.05) is 5.92 Å². The summed E-state index contributed by atoms with van der Waals surface area (Å²) < 4.78 is 0. The van der Waals surface area contributed by atoms with E-state index in [0.717, 1.165) is 25.7 Å². The van der Waals surface area contributed by atoms with Gasteiger partial charge in [0.05, 0.1) is 16.1 Å². The number of Topliss-reactive ketones (excluding diaryl/α,β-unsaturated/α-hetero) is 1. The van der Waals surface area contributed by atoms with E-state index < -0.39 is 5.92 Å². The predicted molar refractivity (Wildman–Crippen MR) is 83.1 cm³/mol. The third-order valence-corrected chi connectivity index (χ3v) is 4.23. The molecular formula is C16H19Cl2NO. The van der Waals surface area contributed by atoms with Crippen molar-refractivity contribution in [3.8, 4) is 6.07 Å². The van der Waals surface area contributed by atoms with Gasteiger partial charge >= 0.3 is 0 Å². The average Bonchev–Trinajstić information content (AvgIpc) is 2.44. The van der Waals surface area contributed by atoms with Crippen LogP contribution in [0.5, 0.6) is 0 Å². The quantitative estimate of drug-likeness (QED) is 0.677. The van der Waals surface area contributed by atoms with Gasteiger partial charge in [0.1, 0.15) is 5.92 Å². The Kier molecular flexibility index (Phi) is 7.05. The largest absolute Gasteiger partial charge is 0.298 e. The van der Waals surface area contributed by atoms with Gasteiger partial charge < -0.3 is 0 Å². The third-order valence-electron chi connectivity index (χ3n) is 3.49. The van der Waals surface area contributed by atoms with E-state index >= 15 is 0 Å². The lowest BCUT2D eigenvalue weighted by molar-refractivity contribution is -0.123. The van der Waals surface area contributed by atoms with E-state index in [-0.39, 0.29) is 11.7 Å². The lowest BCUT2D eigenvalue weighted by atomic mass is 9.84. The van der Waals surface area contributed by atoms with E-state index in [1.165, 1.54) is 0 Å². The SMILES string of the molecule is CCCCC(CC)C(=O)C(C#N)c1ccc(Cl)c(Cl)c1. The van der Waals surface area contributed by atoms with Crippen molar-refractivity contribution in [2.24, 2.45) is 5.92 Å². The van der Waals surface area contributed by atoms with Crippen LogP contribution in [0.25, 0.3) is 0 Å². The summed E-state index contributed by atoms with van der Waals surface area (Å²) in [5.74, 6) is -0.831. The zero-order valence-electron chi connectivity index (χ0n) is 11.8. The van der Waals surface area contributed by atoms with Crippen LogP contribution < -0.4 is 0 Å². The monoisotopic (exact) mass is 311 g/mol. The van der Waals surface area contributed by atoms with Crippen molar-refractivity contribution in [2.45, 2.75) is 45.4 Å². The molecule has 0 amide bonds. The number of carbonyl (C=O) groups excluding carboxylic acids is 1. The highest BCUT2D eigenvalue weighted by Gasteiger charge is 2.27. The molecule has 2 atom stereocenters. The van der Waals surface area contributed by atoms with Crippen LogP contribution in [0.3, 0.4) is 0 Å². The number of ketones is 1. The normalized spacial score (nSPS) is 13.6. The van der Waals surface area contributed by atoms with Crippen LogP contribution in [0.2, 0.25) is 10.0 Å². The molecule has 0 fully saturated rings. The molecular weight excluding hydrogens is 293 g/mol. The summed E-state index contributed by atoms with van der Waals surface area (Å²) in [5.41, 5.74) is 0.627. The van der Waals surface area contributed by atoms with Gasteiger partial charge in [-0.25, -0.2) is 0 Å². The van der Waals surface area contributed by atoms with Crippen LogP contribution in [0.1, 0.15) is 51.0 Å². The summed E-state index contributed by atoms with van der Waals surface area (Å²) >= 11 is 11.8. The molecule has 4 heteroatoms. The fourth-order valence-electron chi connectivity index (χ4n) is 2.23. The summed E-state index contributed by atoms with van der Waals surface area (Å²) in [6.07, 6.45) is 3.65. The second-order valence-electron chi connectivity index (χ2n) is 4.89. The Morgan fingerprint density at radius 2 is 2.00 bits per heavy atom. The molecule has 2 nitrogen and oxygen atoms in total. The molecule has 108 valence electrons. The number of benzene rings is 1. The molecule has 0 spiro atoms. The Bertz CT molecular complexity index is 508. The molecule has 0 saturated carbocycles. The first kappa shape index (κ1) is 17.0. The average molecular weight is 312 g/mol. The van der Waals surface area contributed by atoms with Gasteiger partial charge in [-0.15, -0.1) is 0 Å². The number of halogens is 2. The van der Waals surface area contributed by atoms with Crippen molar-refractivity contribution >= 4 is 29.0 Å². The Labute approximate surface area is 130 Å². The highest BCUT2D eigenvalue weighted by atomic mass is 35.5. The maximum absolute atomic E-state index is 12.5. The number of unbranched alkanes of at least 4 members (excludes halogenated alkanes) is 1. The molecule has 0 aliphatic rings. The second kappa shape index (κ2) is 8.29. The first-order chi connectivity index (χ1) is 9.54. The van der Waals surface area contributed by atoms with E-state index in [2.05, 4.69) is 13.0 Å². The van der Waals surface area contributed by atoms with Crippen molar-refractivity contribution in [1.29, 1.82) is 5.26 Å². The van der Waals surface area contributed by atoms with Gasteiger partial charge in [0.25, 0.3) is 0 Å². The summed E-state index contributed by atoms with van der Waals surface area (Å²) in [6.45, 7) is 4.08. The molecule has 1 aromatic rings. The maximum Gasteiger partial charge on any atom is 0.157 e. The van der Waals surface area contributed by atoms with E-state index in [1.54, 1.807) is 18.2 Å². The second-order valence-corrected chi connectivity index (χ2v) is 5.70. The smallest absolute Gasteiger partial charge is 0.157 e. The molecule has 0 N–H and O–H groups in total. The van der Waals surface area contributed by atoms with Crippen LogP contribution in [0.15, 0.2) is 18.2 Å². The fourth-order valence-corrected chi connectivity index (χ4v) is 2.53. The van der Waals surface area contributed by atoms with Crippen molar-refractivity contribution in [3.63, 3.8) is 0 Å². The Balaban J connectivity index is 2.96. The molecule has 0 heterocycles. The zero-order valence-corrected chi connectivity index (χ0v) is 13.3. The number of carbonyl (C=O) groups is 1. The van der Waals surface area contributed by atoms with Crippen LogP contribution in [-0.4, -0.2) is 5.78 Å². The van der Waals surface area contributed by atoms with Crippen molar-refractivity contribution in [2.75, 3.05) is 0 Å².